The first-order chi connectivity index (χ1) is 7.28. The average molecular weight is 210 g/mol. The lowest BCUT2D eigenvalue weighted by molar-refractivity contribution is -0.142. The molecule has 0 saturated carbocycles. The van der Waals surface area contributed by atoms with Gasteiger partial charge < -0.3 is 10.1 Å². The van der Waals surface area contributed by atoms with Crippen LogP contribution in [0.5, 0.6) is 0 Å². The summed E-state index contributed by atoms with van der Waals surface area (Å²) < 4.78 is 5.46. The van der Waals surface area contributed by atoms with E-state index >= 15 is 0 Å². The Morgan fingerprint density at radius 1 is 1.40 bits per heavy atom. The molecule has 3 heterocycles. The monoisotopic (exact) mass is 210 g/mol. The molecule has 1 unspecified atom stereocenters. The quantitative estimate of drug-likeness (QED) is 0.651. The molecule has 3 aliphatic rings. The third-order valence-corrected chi connectivity index (χ3v) is 4.03. The Kier molecular flexibility index (Phi) is 2.21. The van der Waals surface area contributed by atoms with Crippen LogP contribution >= 0.6 is 0 Å². The van der Waals surface area contributed by atoms with Crippen LogP contribution in [0.25, 0.3) is 0 Å². The van der Waals surface area contributed by atoms with Crippen molar-refractivity contribution in [2.75, 3.05) is 32.7 Å². The fourth-order valence-electron chi connectivity index (χ4n) is 2.96. The summed E-state index contributed by atoms with van der Waals surface area (Å²) in [4.78, 5) is 13.8. The minimum Gasteiger partial charge on any atom is -0.460 e. The molecule has 4 nitrogen and oxygen atoms in total. The number of hydrogen-bond donors (Lipinski definition) is 1. The molecular formula is C11H18N2O2. The molecule has 3 rings (SSSR count). The molecule has 0 radical (unpaired) electrons. The van der Waals surface area contributed by atoms with Gasteiger partial charge in [0, 0.05) is 25.0 Å². The summed E-state index contributed by atoms with van der Waals surface area (Å²) in [5, 5.41) is 3.27. The van der Waals surface area contributed by atoms with Gasteiger partial charge in [0.2, 0.25) is 0 Å². The molecule has 3 saturated heterocycles. The normalized spacial score (nSPS) is 34.4. The Labute approximate surface area is 90.0 Å². The van der Waals surface area contributed by atoms with Gasteiger partial charge >= 0.3 is 5.97 Å². The summed E-state index contributed by atoms with van der Waals surface area (Å²) in [5.41, 5.74) is 0.139. The number of rotatable bonds is 2. The van der Waals surface area contributed by atoms with Gasteiger partial charge in [-0.05, 0) is 25.9 Å². The predicted octanol–water partition coefficient (Wildman–Crippen LogP) is -0.0127. The van der Waals surface area contributed by atoms with Gasteiger partial charge in [-0.25, -0.2) is 0 Å². The molecule has 1 spiro atoms. The van der Waals surface area contributed by atoms with Crippen LogP contribution in [-0.2, 0) is 9.53 Å². The molecule has 0 aromatic heterocycles. The number of nitrogens with one attached hydrogen (secondary N) is 1. The van der Waals surface area contributed by atoms with Crippen molar-refractivity contribution >= 4 is 5.97 Å². The molecule has 0 aromatic rings. The highest BCUT2D eigenvalue weighted by molar-refractivity contribution is 5.73. The molecule has 0 aliphatic carbocycles. The summed E-state index contributed by atoms with van der Waals surface area (Å²) >= 11 is 0. The number of likely N-dealkylation sites (tertiary alicyclic amines) is 1. The Morgan fingerprint density at radius 2 is 2.13 bits per heavy atom. The third kappa shape index (κ3) is 1.56. The summed E-state index contributed by atoms with van der Waals surface area (Å²) in [6.07, 6.45) is 3.36. The fourth-order valence-corrected chi connectivity index (χ4v) is 2.96. The number of hydrogen-bond acceptors (Lipinski definition) is 4. The lowest BCUT2D eigenvalue weighted by Crippen LogP contribution is -2.59. The lowest BCUT2D eigenvalue weighted by atomic mass is 9.75. The zero-order valence-corrected chi connectivity index (χ0v) is 9.00. The second-order valence-corrected chi connectivity index (χ2v) is 5.13. The van der Waals surface area contributed by atoms with Crippen molar-refractivity contribution in [3.8, 4) is 0 Å². The van der Waals surface area contributed by atoms with Crippen LogP contribution in [0.15, 0.2) is 0 Å². The van der Waals surface area contributed by atoms with Crippen molar-refractivity contribution in [3.05, 3.63) is 0 Å². The maximum atomic E-state index is 11.4. The van der Waals surface area contributed by atoms with Crippen molar-refractivity contribution in [2.45, 2.75) is 25.4 Å². The first-order valence-electron chi connectivity index (χ1n) is 5.91. The molecule has 0 bridgehead atoms. The van der Waals surface area contributed by atoms with Crippen LogP contribution < -0.4 is 5.32 Å². The fraction of sp³-hybridized carbons (Fsp3) is 0.909. The van der Waals surface area contributed by atoms with Gasteiger partial charge in [0.15, 0.2) is 0 Å². The standard InChI is InChI=1S/C11H18N2O2/c14-10-5-11(7-12-8-11)9(15-10)6-13-3-1-2-4-13/h9,12H,1-8H2. The van der Waals surface area contributed by atoms with E-state index in [0.29, 0.717) is 6.42 Å². The van der Waals surface area contributed by atoms with Gasteiger partial charge in [0.1, 0.15) is 6.10 Å². The number of carbonyl (C=O) groups is 1. The minimum atomic E-state index is 0.000645. The van der Waals surface area contributed by atoms with Gasteiger partial charge in [-0.2, -0.15) is 0 Å². The van der Waals surface area contributed by atoms with Gasteiger partial charge in [-0.3, -0.25) is 9.69 Å². The summed E-state index contributed by atoms with van der Waals surface area (Å²) in [5.74, 6) is 0.000645. The van der Waals surface area contributed by atoms with E-state index in [1.807, 2.05) is 0 Å². The van der Waals surface area contributed by atoms with Crippen molar-refractivity contribution < 1.29 is 9.53 Å². The maximum Gasteiger partial charge on any atom is 0.306 e. The highest BCUT2D eigenvalue weighted by Gasteiger charge is 2.53. The maximum absolute atomic E-state index is 11.4. The van der Waals surface area contributed by atoms with E-state index in [-0.39, 0.29) is 17.5 Å². The Morgan fingerprint density at radius 3 is 2.73 bits per heavy atom. The molecule has 0 amide bonds. The number of cyclic esters (lactones) is 1. The van der Waals surface area contributed by atoms with Crippen molar-refractivity contribution in [3.63, 3.8) is 0 Å². The topological polar surface area (TPSA) is 41.6 Å². The van der Waals surface area contributed by atoms with E-state index in [4.69, 9.17) is 4.74 Å². The largest absolute Gasteiger partial charge is 0.460 e. The summed E-state index contributed by atoms with van der Waals surface area (Å²) in [7, 11) is 0. The van der Waals surface area contributed by atoms with E-state index in [1.54, 1.807) is 0 Å². The van der Waals surface area contributed by atoms with Crippen molar-refractivity contribution in [1.29, 1.82) is 0 Å². The van der Waals surface area contributed by atoms with E-state index in [1.165, 1.54) is 25.9 Å². The van der Waals surface area contributed by atoms with Gasteiger partial charge in [-0.15, -0.1) is 0 Å². The van der Waals surface area contributed by atoms with Gasteiger partial charge in [0.25, 0.3) is 0 Å². The smallest absolute Gasteiger partial charge is 0.306 e. The van der Waals surface area contributed by atoms with E-state index in [0.717, 1.165) is 19.6 Å². The molecule has 1 atom stereocenters. The lowest BCUT2D eigenvalue weighted by Gasteiger charge is -2.42. The molecule has 3 aliphatic heterocycles. The number of nitrogens with zero attached hydrogens (tertiary/aromatic N) is 1. The molecule has 4 heteroatoms. The SMILES string of the molecule is O=C1CC2(CNC2)C(CN2CCCC2)O1. The van der Waals surface area contributed by atoms with Crippen LogP contribution in [0.2, 0.25) is 0 Å². The van der Waals surface area contributed by atoms with Gasteiger partial charge in [-0.1, -0.05) is 0 Å². The molecule has 15 heavy (non-hydrogen) atoms. The zero-order valence-electron chi connectivity index (χ0n) is 9.00. The first-order valence-corrected chi connectivity index (χ1v) is 5.91. The second-order valence-electron chi connectivity index (χ2n) is 5.13. The second kappa shape index (κ2) is 3.46. The molecule has 1 N–H and O–H groups in total. The van der Waals surface area contributed by atoms with E-state index in [2.05, 4.69) is 10.2 Å². The van der Waals surface area contributed by atoms with Crippen molar-refractivity contribution in [2.24, 2.45) is 5.41 Å². The molecule has 84 valence electrons. The molecule has 3 fully saturated rings. The molecular weight excluding hydrogens is 192 g/mol. The number of carbonyl (C=O) groups excluding carboxylic acids is 1. The first kappa shape index (κ1) is 9.60. The Balaban J connectivity index is 1.66. The van der Waals surface area contributed by atoms with Crippen LogP contribution in [0.3, 0.4) is 0 Å². The van der Waals surface area contributed by atoms with Crippen molar-refractivity contribution in [1.82, 2.24) is 10.2 Å². The molecule has 0 aromatic carbocycles. The van der Waals surface area contributed by atoms with E-state index in [9.17, 15) is 4.79 Å². The predicted molar refractivity (Wildman–Crippen MR) is 55.5 cm³/mol. The summed E-state index contributed by atoms with van der Waals surface area (Å²) in [6, 6.07) is 0. The third-order valence-electron chi connectivity index (χ3n) is 4.03. The average Bonchev–Trinajstić information content (AvgIpc) is 2.72. The highest BCUT2D eigenvalue weighted by Crippen LogP contribution is 2.39. The van der Waals surface area contributed by atoms with Crippen LogP contribution in [-0.4, -0.2) is 49.7 Å². The van der Waals surface area contributed by atoms with Gasteiger partial charge in [0.05, 0.1) is 6.42 Å². The zero-order chi connectivity index (χ0) is 10.3. The van der Waals surface area contributed by atoms with E-state index < -0.39 is 0 Å². The van der Waals surface area contributed by atoms with Crippen LogP contribution in [0.4, 0.5) is 0 Å². The number of esters is 1. The highest BCUT2D eigenvalue weighted by atomic mass is 16.6. The minimum absolute atomic E-state index is 0.000645. The van der Waals surface area contributed by atoms with Crippen LogP contribution in [0, 0.1) is 5.41 Å². The Bertz CT molecular complexity index is 270. The van der Waals surface area contributed by atoms with Crippen LogP contribution in [0.1, 0.15) is 19.3 Å². The summed E-state index contributed by atoms with van der Waals surface area (Å²) in [6.45, 7) is 5.22. The Hall–Kier alpha value is -0.610. The number of ether oxygens (including phenoxy) is 1.